The predicted octanol–water partition coefficient (Wildman–Crippen LogP) is 3.77. The molecule has 0 radical (unpaired) electrons. The van der Waals surface area contributed by atoms with Crippen molar-refractivity contribution in [2.75, 3.05) is 6.61 Å². The number of aliphatic hydroxyl groups excluding tert-OH is 1. The molecule has 2 N–H and O–H groups in total. The molecule has 0 unspecified atom stereocenters. The fourth-order valence-corrected chi connectivity index (χ4v) is 2.59. The summed E-state index contributed by atoms with van der Waals surface area (Å²) in [6.07, 6.45) is 2.31. The second-order valence-electron chi connectivity index (χ2n) is 6.27. The maximum atomic E-state index is 9.63. The molecular formula is C17H29NO. The highest BCUT2D eigenvalue weighted by atomic mass is 16.3. The van der Waals surface area contributed by atoms with Gasteiger partial charge in [-0.1, -0.05) is 58.0 Å². The molecule has 2 nitrogen and oxygen atoms in total. The molecule has 0 saturated heterocycles. The third-order valence-electron chi connectivity index (χ3n) is 3.33. The Morgan fingerprint density at radius 3 is 1.89 bits per heavy atom. The van der Waals surface area contributed by atoms with E-state index in [9.17, 15) is 5.11 Å². The third kappa shape index (κ3) is 6.22. The van der Waals surface area contributed by atoms with Gasteiger partial charge in [0.2, 0.25) is 0 Å². The maximum Gasteiger partial charge on any atom is 0.0626 e. The molecule has 0 aliphatic rings. The van der Waals surface area contributed by atoms with Crippen molar-refractivity contribution in [1.29, 1.82) is 0 Å². The Balaban J connectivity index is 2.69. The van der Waals surface area contributed by atoms with Gasteiger partial charge < -0.3 is 10.4 Å². The Morgan fingerprint density at radius 1 is 0.947 bits per heavy atom. The zero-order valence-corrected chi connectivity index (χ0v) is 12.8. The molecular weight excluding hydrogens is 234 g/mol. The van der Waals surface area contributed by atoms with Crippen LogP contribution in [0.5, 0.6) is 0 Å². The van der Waals surface area contributed by atoms with Crippen LogP contribution >= 0.6 is 0 Å². The summed E-state index contributed by atoms with van der Waals surface area (Å²) in [5.41, 5.74) is 1.17. The van der Waals surface area contributed by atoms with E-state index in [2.05, 4.69) is 45.1 Å². The highest BCUT2D eigenvalue weighted by Crippen LogP contribution is 2.19. The predicted molar refractivity (Wildman–Crippen MR) is 82.1 cm³/mol. The molecule has 0 heterocycles. The molecule has 0 fully saturated rings. The van der Waals surface area contributed by atoms with Crippen LogP contribution in [-0.2, 0) is 0 Å². The van der Waals surface area contributed by atoms with E-state index in [1.54, 1.807) is 0 Å². The fourth-order valence-electron chi connectivity index (χ4n) is 2.59. The van der Waals surface area contributed by atoms with E-state index in [1.165, 1.54) is 5.56 Å². The molecule has 0 bridgehead atoms. The average molecular weight is 263 g/mol. The second-order valence-corrected chi connectivity index (χ2v) is 6.27. The van der Waals surface area contributed by atoms with Crippen LogP contribution in [0.25, 0.3) is 0 Å². The van der Waals surface area contributed by atoms with Gasteiger partial charge in [0.25, 0.3) is 0 Å². The van der Waals surface area contributed by atoms with Gasteiger partial charge in [0.05, 0.1) is 12.6 Å². The first kappa shape index (κ1) is 16.2. The lowest BCUT2D eigenvalue weighted by atomic mass is 9.94. The Bertz CT molecular complexity index is 324. The molecule has 108 valence electrons. The van der Waals surface area contributed by atoms with Gasteiger partial charge in [0.15, 0.2) is 0 Å². The van der Waals surface area contributed by atoms with Gasteiger partial charge >= 0.3 is 0 Å². The minimum absolute atomic E-state index is 0.0451. The van der Waals surface area contributed by atoms with Crippen LogP contribution in [0, 0.1) is 11.8 Å². The van der Waals surface area contributed by atoms with Crippen LogP contribution in [0.3, 0.4) is 0 Å². The van der Waals surface area contributed by atoms with Gasteiger partial charge in [-0.3, -0.25) is 0 Å². The summed E-state index contributed by atoms with van der Waals surface area (Å²) < 4.78 is 0. The first-order valence-electron chi connectivity index (χ1n) is 7.44. The van der Waals surface area contributed by atoms with Crippen LogP contribution in [0.1, 0.15) is 52.1 Å². The number of aliphatic hydroxyl groups is 1. The summed E-state index contributed by atoms with van der Waals surface area (Å²) in [5.74, 6) is 1.35. The van der Waals surface area contributed by atoms with E-state index in [0.29, 0.717) is 17.9 Å². The summed E-state index contributed by atoms with van der Waals surface area (Å²) >= 11 is 0. The van der Waals surface area contributed by atoms with Crippen LogP contribution in [0.4, 0.5) is 0 Å². The minimum atomic E-state index is 0.0451. The van der Waals surface area contributed by atoms with E-state index in [1.807, 2.05) is 18.2 Å². The monoisotopic (exact) mass is 263 g/mol. The summed E-state index contributed by atoms with van der Waals surface area (Å²) in [7, 11) is 0. The molecule has 1 aromatic rings. The van der Waals surface area contributed by atoms with E-state index in [0.717, 1.165) is 12.8 Å². The third-order valence-corrected chi connectivity index (χ3v) is 3.33. The Labute approximate surface area is 118 Å². The molecule has 2 heteroatoms. The zero-order valence-electron chi connectivity index (χ0n) is 12.8. The molecule has 0 aliphatic carbocycles. The normalized spacial score (nSPS) is 13.5. The standard InChI is InChI=1S/C17H29NO/c1-13(2)10-16(11-14(3)4)18-17(12-19)15-8-6-5-7-9-15/h5-9,13-14,16-19H,10-12H2,1-4H3/t17-/m1/s1. The quantitative estimate of drug-likeness (QED) is 0.748. The van der Waals surface area contributed by atoms with Crippen molar-refractivity contribution in [3.63, 3.8) is 0 Å². The van der Waals surface area contributed by atoms with Gasteiger partial charge in [-0.05, 0) is 30.2 Å². The molecule has 0 aliphatic heterocycles. The van der Waals surface area contributed by atoms with E-state index in [-0.39, 0.29) is 12.6 Å². The lowest BCUT2D eigenvalue weighted by Crippen LogP contribution is -2.36. The van der Waals surface area contributed by atoms with Crippen molar-refractivity contribution in [1.82, 2.24) is 5.32 Å². The fraction of sp³-hybridized carbons (Fsp3) is 0.647. The molecule has 1 aromatic carbocycles. The molecule has 1 atom stereocenters. The van der Waals surface area contributed by atoms with Crippen LogP contribution in [-0.4, -0.2) is 17.8 Å². The van der Waals surface area contributed by atoms with Gasteiger partial charge in [0, 0.05) is 6.04 Å². The maximum absolute atomic E-state index is 9.63. The largest absolute Gasteiger partial charge is 0.394 e. The number of rotatable bonds is 8. The lowest BCUT2D eigenvalue weighted by Gasteiger charge is -2.27. The summed E-state index contributed by atoms with van der Waals surface area (Å²) in [5, 5.41) is 13.3. The Kier molecular flexibility index (Phi) is 7.11. The highest BCUT2D eigenvalue weighted by Gasteiger charge is 2.18. The molecule has 0 amide bonds. The van der Waals surface area contributed by atoms with Crippen LogP contribution < -0.4 is 5.32 Å². The molecule has 0 saturated carbocycles. The van der Waals surface area contributed by atoms with Crippen molar-refractivity contribution in [3.8, 4) is 0 Å². The van der Waals surface area contributed by atoms with Gasteiger partial charge in [0.1, 0.15) is 0 Å². The SMILES string of the molecule is CC(C)CC(CC(C)C)N[C@H](CO)c1ccccc1. The van der Waals surface area contributed by atoms with Crippen molar-refractivity contribution in [2.24, 2.45) is 11.8 Å². The number of benzene rings is 1. The van der Waals surface area contributed by atoms with Gasteiger partial charge in [-0.2, -0.15) is 0 Å². The topological polar surface area (TPSA) is 32.3 Å². The number of hydrogen-bond acceptors (Lipinski definition) is 2. The lowest BCUT2D eigenvalue weighted by molar-refractivity contribution is 0.218. The van der Waals surface area contributed by atoms with E-state index < -0.39 is 0 Å². The molecule has 0 aromatic heterocycles. The summed E-state index contributed by atoms with van der Waals surface area (Å²) in [6.45, 7) is 9.17. The molecule has 19 heavy (non-hydrogen) atoms. The van der Waals surface area contributed by atoms with Crippen molar-refractivity contribution in [3.05, 3.63) is 35.9 Å². The highest BCUT2D eigenvalue weighted by molar-refractivity contribution is 5.19. The van der Waals surface area contributed by atoms with Gasteiger partial charge in [-0.25, -0.2) is 0 Å². The minimum Gasteiger partial charge on any atom is -0.394 e. The van der Waals surface area contributed by atoms with Crippen LogP contribution in [0.2, 0.25) is 0 Å². The summed E-state index contributed by atoms with van der Waals surface area (Å²) in [6, 6.07) is 10.7. The zero-order chi connectivity index (χ0) is 14.3. The van der Waals surface area contributed by atoms with E-state index in [4.69, 9.17) is 0 Å². The van der Waals surface area contributed by atoms with E-state index >= 15 is 0 Å². The Morgan fingerprint density at radius 2 is 1.47 bits per heavy atom. The Hall–Kier alpha value is -0.860. The first-order valence-corrected chi connectivity index (χ1v) is 7.44. The summed E-state index contributed by atoms with van der Waals surface area (Å²) in [4.78, 5) is 0. The number of hydrogen-bond donors (Lipinski definition) is 2. The second kappa shape index (κ2) is 8.34. The molecule has 0 spiro atoms. The van der Waals surface area contributed by atoms with Crippen molar-refractivity contribution < 1.29 is 5.11 Å². The number of nitrogens with one attached hydrogen (secondary N) is 1. The van der Waals surface area contributed by atoms with Crippen LogP contribution in [0.15, 0.2) is 30.3 Å². The van der Waals surface area contributed by atoms with Gasteiger partial charge in [-0.15, -0.1) is 0 Å². The average Bonchev–Trinajstić information content (AvgIpc) is 2.35. The smallest absolute Gasteiger partial charge is 0.0626 e. The first-order chi connectivity index (χ1) is 9.02. The molecule has 1 rings (SSSR count). The van der Waals surface area contributed by atoms with Crippen molar-refractivity contribution in [2.45, 2.75) is 52.6 Å². The van der Waals surface area contributed by atoms with Crippen molar-refractivity contribution >= 4 is 0 Å².